The van der Waals surface area contributed by atoms with Crippen molar-refractivity contribution >= 4 is 21.6 Å². The van der Waals surface area contributed by atoms with E-state index in [1.54, 1.807) is 21.6 Å². The van der Waals surface area contributed by atoms with Crippen LogP contribution < -0.4 is 15.8 Å². The zero-order valence-electron chi connectivity index (χ0n) is 44.7. The van der Waals surface area contributed by atoms with Crippen molar-refractivity contribution in [3.63, 3.8) is 0 Å². The normalized spacial score (nSPS) is 34.6. The number of allylic oxidation sites excluding steroid dienone is 3. The lowest BCUT2D eigenvalue weighted by Crippen LogP contribution is -2.49. The predicted octanol–water partition coefficient (Wildman–Crippen LogP) is 9.90. The lowest BCUT2D eigenvalue weighted by atomic mass is 9.50. The maximum atomic E-state index is 12.7. The Morgan fingerprint density at radius 2 is 1.68 bits per heavy atom. The Bertz CT molecular complexity index is 2840. The second-order valence-electron chi connectivity index (χ2n) is 23.8. The van der Waals surface area contributed by atoms with Gasteiger partial charge < -0.3 is 51.4 Å². The van der Waals surface area contributed by atoms with Crippen LogP contribution in [0, 0.1) is 64.6 Å². The lowest BCUT2D eigenvalue weighted by Gasteiger charge is -2.53. The van der Waals surface area contributed by atoms with E-state index in [1.807, 2.05) is 24.4 Å². The van der Waals surface area contributed by atoms with Crippen molar-refractivity contribution in [1.29, 1.82) is 0 Å². The van der Waals surface area contributed by atoms with Crippen molar-refractivity contribution in [3.8, 4) is 23.3 Å². The highest BCUT2D eigenvalue weighted by Crippen LogP contribution is 2.59. The Morgan fingerprint density at radius 1 is 0.844 bits per heavy atom. The number of benzene rings is 3. The molecule has 3 aromatic carbocycles. The molecule has 1 spiro atoms. The molecule has 410 valence electrons. The van der Waals surface area contributed by atoms with Gasteiger partial charge in [-0.05, 0) is 164 Å². The van der Waals surface area contributed by atoms with Crippen molar-refractivity contribution in [2.24, 2.45) is 58.5 Å². The van der Waals surface area contributed by atoms with Gasteiger partial charge in [-0.2, -0.15) is 0 Å². The third kappa shape index (κ3) is 11.2. The zero-order valence-corrected chi connectivity index (χ0v) is 46.4. The van der Waals surface area contributed by atoms with Crippen molar-refractivity contribution in [1.82, 2.24) is 10.3 Å². The van der Waals surface area contributed by atoms with Crippen LogP contribution in [0.2, 0.25) is 0 Å². The Kier molecular flexibility index (Phi) is 17.0. The van der Waals surface area contributed by atoms with Crippen LogP contribution in [0.5, 0.6) is 11.5 Å². The molecule has 7 aliphatic rings. The van der Waals surface area contributed by atoms with Gasteiger partial charge in [0.15, 0.2) is 11.5 Å². The molecule has 0 radical (unpaired) electrons. The van der Waals surface area contributed by atoms with Crippen LogP contribution in [0.25, 0.3) is 0 Å². The molecule has 15 atom stereocenters. The summed E-state index contributed by atoms with van der Waals surface area (Å²) in [6, 6.07) is 27.9. The largest absolute Gasteiger partial charge is 0.504 e. The molecule has 77 heavy (non-hydrogen) atoms. The molecule has 1 saturated heterocycles. The molecule has 10 nitrogen and oxygen atoms in total. The van der Waals surface area contributed by atoms with Gasteiger partial charge in [0.2, 0.25) is 0 Å². The smallest absolute Gasteiger partial charge is 0.161 e. The molecule has 5 aliphatic carbocycles. The predicted molar refractivity (Wildman–Crippen MR) is 309 cm³/mol. The molecule has 2 aliphatic heterocycles. The number of aromatic hydroxyl groups is 1. The highest BCUT2D eigenvalue weighted by atomic mass is 33.1. The first-order valence-electron chi connectivity index (χ1n) is 29.0. The van der Waals surface area contributed by atoms with Crippen LogP contribution in [0.3, 0.4) is 0 Å². The van der Waals surface area contributed by atoms with Crippen LogP contribution in [-0.2, 0) is 25.7 Å². The third-order valence-electron chi connectivity index (χ3n) is 19.6. The topological polar surface area (TPSA) is 184 Å². The molecular weight excluding hydrogens is 999 g/mol. The fourth-order valence-electron chi connectivity index (χ4n) is 15.6. The number of hydrogen-bond donors (Lipinski definition) is 9. The molecule has 12 heteroatoms. The number of aliphatic hydroxyl groups is 5. The van der Waals surface area contributed by atoms with Gasteiger partial charge in [0.25, 0.3) is 0 Å². The van der Waals surface area contributed by atoms with Crippen molar-refractivity contribution in [2.45, 2.75) is 133 Å². The Labute approximate surface area is 464 Å². The highest BCUT2D eigenvalue weighted by molar-refractivity contribution is 8.76. The molecule has 1 saturated carbocycles. The summed E-state index contributed by atoms with van der Waals surface area (Å²) in [5, 5.41) is 75.2. The molecule has 1 aromatic heterocycles. The molecule has 3 heterocycles. The number of rotatable bonds is 8. The standard InChI is InChI=1S/C65H81N3O7S2/c1-2-39-26-44-30-58(72)60(75-61-31-45(27-47-17-11-24-67-47)48-21-25-68-64(66)55(48)38-77-76-37-46(35-69)63(61)74)33-51(44)53-32-59(73)62-43(29-50(39)53)20-23-65(22-9-8-19-57(62)71)34-54(41-13-4-3-5-14-41)52-28-42-15-7-6-12-40(42)16-10-18-49(52)56(65)36-70/h3-7,11-15,17,21,24,29-30,33,39,43,45-46,49,52-54,56-57,59,61-63,67-74H,2,8-10,16,18-19,22,25-28,31-32,34-38,66H2,1H3. The fraction of sp³-hybridized carbons (Fsp3) is 0.538. The Balaban J connectivity index is 0.966. The van der Waals surface area contributed by atoms with Gasteiger partial charge in [-0.25, -0.2) is 0 Å². The van der Waals surface area contributed by atoms with Gasteiger partial charge in [0.05, 0.1) is 18.3 Å². The van der Waals surface area contributed by atoms with Gasteiger partial charge in [-0.15, -0.1) is 0 Å². The minimum absolute atomic E-state index is 0.00287. The molecule has 10 N–H and O–H groups in total. The monoisotopic (exact) mass is 1080 g/mol. The number of ether oxygens (including phenoxy) is 1. The SMILES string of the molecule is CCC1Cc2cc(O)c(OC3CC(Cc4ccc[nH]4)C4=CCNC(N)=C4CSSCC(CO)C3O)cc2C2CC(O)C3C(C#CC4(CCCCC3O)CC(c3ccccc3)C3Cc5ccccc5CCCC3C4CO)C=C12. The minimum atomic E-state index is -1.06. The van der Waals surface area contributed by atoms with Gasteiger partial charge >= 0.3 is 0 Å². The second kappa shape index (κ2) is 24.0. The molecule has 0 bridgehead atoms. The average molecular weight is 1080 g/mol. The lowest BCUT2D eigenvalue weighted by molar-refractivity contribution is -0.0269. The maximum Gasteiger partial charge on any atom is 0.161 e. The van der Waals surface area contributed by atoms with E-state index in [0.29, 0.717) is 61.9 Å². The first-order chi connectivity index (χ1) is 37.6. The minimum Gasteiger partial charge on any atom is -0.504 e. The molecular formula is C65H81N3O7S2. The first-order valence-corrected chi connectivity index (χ1v) is 31.5. The summed E-state index contributed by atoms with van der Waals surface area (Å²) in [6.45, 7) is 2.65. The number of aryl methyl sites for hydroxylation is 1. The van der Waals surface area contributed by atoms with E-state index in [9.17, 15) is 30.6 Å². The summed E-state index contributed by atoms with van der Waals surface area (Å²) in [7, 11) is 3.27. The number of aliphatic hydroxyl groups excluding tert-OH is 5. The van der Waals surface area contributed by atoms with Crippen LogP contribution in [0.4, 0.5) is 0 Å². The van der Waals surface area contributed by atoms with Crippen molar-refractivity contribution in [3.05, 3.63) is 153 Å². The number of H-pyrrole nitrogens is 1. The number of hydrogen-bond acceptors (Lipinski definition) is 11. The van der Waals surface area contributed by atoms with Crippen LogP contribution in [0.15, 0.2) is 120 Å². The summed E-state index contributed by atoms with van der Waals surface area (Å²) < 4.78 is 6.99. The summed E-state index contributed by atoms with van der Waals surface area (Å²) in [5.41, 5.74) is 16.9. The average Bonchev–Trinajstić information content (AvgIpc) is 4.00. The van der Waals surface area contributed by atoms with E-state index in [-0.39, 0.29) is 60.2 Å². The zero-order chi connectivity index (χ0) is 53.2. The third-order valence-corrected chi connectivity index (χ3v) is 22.0. The number of phenolic OH excluding ortho intramolecular Hbond substituents is 1. The van der Waals surface area contributed by atoms with Gasteiger partial charge in [-0.3, -0.25) is 0 Å². The fourth-order valence-corrected chi connectivity index (χ4v) is 18.2. The van der Waals surface area contributed by atoms with E-state index in [4.69, 9.17) is 10.5 Å². The summed E-state index contributed by atoms with van der Waals surface area (Å²) in [4.78, 5) is 3.39. The number of dihydropyridines is 1. The summed E-state index contributed by atoms with van der Waals surface area (Å²) >= 11 is 0. The number of aromatic nitrogens is 1. The van der Waals surface area contributed by atoms with Gasteiger partial charge in [-0.1, -0.05) is 126 Å². The van der Waals surface area contributed by atoms with Crippen LogP contribution >= 0.6 is 21.6 Å². The highest BCUT2D eigenvalue weighted by Gasteiger charge is 2.53. The Morgan fingerprint density at radius 3 is 2.47 bits per heavy atom. The van der Waals surface area contributed by atoms with E-state index in [0.717, 1.165) is 85.8 Å². The Hall–Kier alpha value is -4.58. The quantitative estimate of drug-likeness (QED) is 0.0465. The van der Waals surface area contributed by atoms with E-state index < -0.39 is 47.6 Å². The van der Waals surface area contributed by atoms with E-state index in [2.05, 4.69) is 102 Å². The number of nitrogens with one attached hydrogen (secondary N) is 2. The molecule has 2 fully saturated rings. The molecule has 15 unspecified atom stereocenters. The molecule has 11 rings (SSSR count). The number of aromatic amines is 1. The number of fused-ring (bicyclic) bond motifs is 7. The first kappa shape index (κ1) is 54.4. The molecule has 0 amide bonds. The van der Waals surface area contributed by atoms with Crippen LogP contribution in [-0.4, -0.2) is 91.3 Å². The second-order valence-corrected chi connectivity index (χ2v) is 26.3. The summed E-state index contributed by atoms with van der Waals surface area (Å²) in [5.74, 6) is 9.29. The van der Waals surface area contributed by atoms with Crippen molar-refractivity contribution in [2.75, 3.05) is 31.3 Å². The maximum absolute atomic E-state index is 12.7. The van der Waals surface area contributed by atoms with E-state index >= 15 is 0 Å². The van der Waals surface area contributed by atoms with Gasteiger partial charge in [0.1, 0.15) is 11.9 Å². The van der Waals surface area contributed by atoms with Crippen molar-refractivity contribution < 1.29 is 35.4 Å². The molecule has 4 aromatic rings. The van der Waals surface area contributed by atoms with Gasteiger partial charge in [0, 0.05) is 83.7 Å². The number of nitrogens with two attached hydrogens (primary N) is 1. The van der Waals surface area contributed by atoms with Crippen LogP contribution in [0.1, 0.15) is 116 Å². The summed E-state index contributed by atoms with van der Waals surface area (Å²) in [6.07, 6.45) is 14.1. The number of phenols is 1. The van der Waals surface area contributed by atoms with E-state index in [1.165, 1.54) is 22.3 Å².